The molecule has 0 aliphatic heterocycles. The highest BCUT2D eigenvalue weighted by Gasteiger charge is 2.18. The lowest BCUT2D eigenvalue weighted by Gasteiger charge is -2.10. The quantitative estimate of drug-likeness (QED) is 0.804. The fraction of sp³-hybridized carbons (Fsp3) is 0.200. The second-order valence-electron chi connectivity index (χ2n) is 2.93. The molecule has 15 heavy (non-hydrogen) atoms. The predicted molar refractivity (Wildman–Crippen MR) is 54.6 cm³/mol. The Bertz CT molecular complexity index is 430. The van der Waals surface area contributed by atoms with Gasteiger partial charge in [0.15, 0.2) is 0 Å². The normalized spacial score (nSPS) is 12.7. The molecule has 1 atom stereocenters. The van der Waals surface area contributed by atoms with E-state index < -0.39 is 0 Å². The van der Waals surface area contributed by atoms with Crippen LogP contribution in [0.5, 0.6) is 0 Å². The van der Waals surface area contributed by atoms with Crippen LogP contribution in [-0.4, -0.2) is 17.3 Å². The van der Waals surface area contributed by atoms with Crippen LogP contribution in [0, 0.1) is 0 Å². The molecule has 0 spiro atoms. The zero-order valence-corrected chi connectivity index (χ0v) is 8.81. The maximum absolute atomic E-state index is 5.55. The summed E-state index contributed by atoms with van der Waals surface area (Å²) in [5.74, 6) is 0.425. The molecule has 0 saturated heterocycles. The second-order valence-corrected chi connectivity index (χ2v) is 3.26. The zero-order valence-electron chi connectivity index (χ0n) is 8.05. The van der Waals surface area contributed by atoms with E-state index in [1.165, 1.54) is 0 Å². The first-order valence-corrected chi connectivity index (χ1v) is 4.76. The van der Waals surface area contributed by atoms with Gasteiger partial charge in [-0.3, -0.25) is 0 Å². The molecular weight excluding hydrogens is 216 g/mol. The van der Waals surface area contributed by atoms with E-state index in [9.17, 15) is 0 Å². The molecule has 5 heteroatoms. The monoisotopic (exact) mass is 224 g/mol. The maximum atomic E-state index is 5.55. The van der Waals surface area contributed by atoms with E-state index in [-0.39, 0.29) is 11.5 Å². The molecule has 0 fully saturated rings. The Morgan fingerprint density at radius 1 is 1.33 bits per heavy atom. The lowest BCUT2D eigenvalue weighted by Crippen LogP contribution is -2.05. The van der Waals surface area contributed by atoms with E-state index in [1.54, 1.807) is 7.11 Å². The molecule has 1 heterocycles. The number of hydrogen-bond acceptors (Lipinski definition) is 4. The Kier molecular flexibility index (Phi) is 2.99. The maximum Gasteiger partial charge on any atom is 0.320 e. The lowest BCUT2D eigenvalue weighted by atomic mass is 10.1. The van der Waals surface area contributed by atoms with Crippen LogP contribution in [0.25, 0.3) is 0 Å². The van der Waals surface area contributed by atoms with Crippen molar-refractivity contribution in [3.63, 3.8) is 0 Å². The van der Waals surface area contributed by atoms with Crippen LogP contribution in [0.1, 0.15) is 17.5 Å². The Balaban J connectivity index is 2.33. The third kappa shape index (κ3) is 2.16. The molecular formula is C10H9ClN2O2. The summed E-state index contributed by atoms with van der Waals surface area (Å²) in [4.78, 5) is 3.92. The van der Waals surface area contributed by atoms with Crippen molar-refractivity contribution < 1.29 is 9.26 Å². The predicted octanol–water partition coefficient (Wildman–Crippen LogP) is 2.46. The molecule has 0 aliphatic rings. The van der Waals surface area contributed by atoms with Crippen molar-refractivity contribution in [2.45, 2.75) is 6.10 Å². The highest BCUT2D eigenvalue weighted by Crippen LogP contribution is 2.23. The fourth-order valence-corrected chi connectivity index (χ4v) is 1.46. The molecule has 0 aliphatic carbocycles. The van der Waals surface area contributed by atoms with E-state index >= 15 is 0 Å². The molecule has 2 rings (SSSR count). The van der Waals surface area contributed by atoms with Gasteiger partial charge in [-0.05, 0) is 17.2 Å². The zero-order chi connectivity index (χ0) is 10.7. The molecule has 0 amide bonds. The van der Waals surface area contributed by atoms with E-state index in [0.717, 1.165) is 5.56 Å². The summed E-state index contributed by atoms with van der Waals surface area (Å²) in [6, 6.07) is 9.63. The van der Waals surface area contributed by atoms with Crippen LogP contribution in [-0.2, 0) is 4.74 Å². The van der Waals surface area contributed by atoms with Crippen molar-refractivity contribution in [1.82, 2.24) is 10.1 Å². The average molecular weight is 225 g/mol. The number of halogens is 1. The van der Waals surface area contributed by atoms with Crippen LogP contribution < -0.4 is 0 Å². The first-order chi connectivity index (χ1) is 7.31. The molecule has 0 radical (unpaired) electrons. The number of ether oxygens (including phenoxy) is 1. The van der Waals surface area contributed by atoms with Crippen LogP contribution >= 0.6 is 11.6 Å². The van der Waals surface area contributed by atoms with Gasteiger partial charge in [-0.1, -0.05) is 35.5 Å². The van der Waals surface area contributed by atoms with Gasteiger partial charge in [0.25, 0.3) is 0 Å². The summed E-state index contributed by atoms with van der Waals surface area (Å²) < 4.78 is 9.99. The van der Waals surface area contributed by atoms with Gasteiger partial charge in [0.1, 0.15) is 6.10 Å². The summed E-state index contributed by atoms with van der Waals surface area (Å²) >= 11 is 5.55. The smallest absolute Gasteiger partial charge is 0.320 e. The number of aromatic nitrogens is 2. The second kappa shape index (κ2) is 4.42. The molecule has 1 aromatic carbocycles. The van der Waals surface area contributed by atoms with Gasteiger partial charge in [0, 0.05) is 7.11 Å². The van der Waals surface area contributed by atoms with Crippen molar-refractivity contribution in [1.29, 1.82) is 0 Å². The van der Waals surface area contributed by atoms with Crippen molar-refractivity contribution in [3.8, 4) is 0 Å². The molecule has 0 N–H and O–H groups in total. The molecule has 0 saturated carbocycles. The van der Waals surface area contributed by atoms with Gasteiger partial charge in [0.05, 0.1) is 0 Å². The topological polar surface area (TPSA) is 48.2 Å². The summed E-state index contributed by atoms with van der Waals surface area (Å²) in [7, 11) is 1.59. The number of nitrogens with zero attached hydrogens (tertiary/aromatic N) is 2. The summed E-state index contributed by atoms with van der Waals surface area (Å²) in [5.41, 5.74) is 0.956. The van der Waals surface area contributed by atoms with Crippen molar-refractivity contribution >= 4 is 11.6 Å². The third-order valence-electron chi connectivity index (χ3n) is 1.99. The minimum absolute atomic E-state index is 0.0166. The van der Waals surface area contributed by atoms with Gasteiger partial charge >= 0.3 is 5.35 Å². The largest absolute Gasteiger partial charge is 0.369 e. The number of methoxy groups -OCH3 is 1. The first kappa shape index (κ1) is 10.1. The molecule has 1 aromatic heterocycles. The summed E-state index contributed by atoms with van der Waals surface area (Å²) in [6.45, 7) is 0. The Morgan fingerprint density at radius 2 is 2.07 bits per heavy atom. The number of benzene rings is 1. The molecule has 4 nitrogen and oxygen atoms in total. The highest BCUT2D eigenvalue weighted by atomic mass is 35.5. The molecule has 1 unspecified atom stereocenters. The number of rotatable bonds is 3. The van der Waals surface area contributed by atoms with E-state index in [1.807, 2.05) is 30.3 Å². The molecule has 0 bridgehead atoms. The summed E-state index contributed by atoms with van der Waals surface area (Å²) in [5, 5.41) is 3.74. The van der Waals surface area contributed by atoms with E-state index in [4.69, 9.17) is 20.9 Å². The Morgan fingerprint density at radius 3 is 2.60 bits per heavy atom. The average Bonchev–Trinajstić information content (AvgIpc) is 2.68. The Labute approximate surface area is 91.8 Å². The standard InChI is InChI=1S/C10H9ClN2O2/c1-14-8(7-5-3-2-4-6-7)9-12-10(11)15-13-9/h2-6,8H,1H3. The van der Waals surface area contributed by atoms with Crippen molar-refractivity contribution in [2.75, 3.05) is 7.11 Å². The highest BCUT2D eigenvalue weighted by molar-refractivity contribution is 6.27. The van der Waals surface area contributed by atoms with Crippen LogP contribution in [0.15, 0.2) is 34.9 Å². The van der Waals surface area contributed by atoms with Gasteiger partial charge < -0.3 is 9.26 Å². The molecule has 2 aromatic rings. The van der Waals surface area contributed by atoms with E-state index in [0.29, 0.717) is 5.82 Å². The van der Waals surface area contributed by atoms with Gasteiger partial charge in [-0.25, -0.2) is 0 Å². The third-order valence-corrected chi connectivity index (χ3v) is 2.14. The van der Waals surface area contributed by atoms with Crippen molar-refractivity contribution in [3.05, 3.63) is 47.1 Å². The van der Waals surface area contributed by atoms with Crippen LogP contribution in [0.3, 0.4) is 0 Å². The minimum Gasteiger partial charge on any atom is -0.369 e. The van der Waals surface area contributed by atoms with E-state index in [2.05, 4.69) is 10.1 Å². The minimum atomic E-state index is -0.345. The lowest BCUT2D eigenvalue weighted by molar-refractivity contribution is 0.126. The fourth-order valence-electron chi connectivity index (χ4n) is 1.34. The van der Waals surface area contributed by atoms with Gasteiger partial charge in [-0.2, -0.15) is 4.98 Å². The summed E-state index contributed by atoms with van der Waals surface area (Å²) in [6.07, 6.45) is -0.345. The molecule has 78 valence electrons. The number of hydrogen-bond donors (Lipinski definition) is 0. The SMILES string of the molecule is COC(c1ccccc1)c1noc(Cl)n1. The first-order valence-electron chi connectivity index (χ1n) is 4.38. The van der Waals surface area contributed by atoms with Crippen LogP contribution in [0.2, 0.25) is 5.35 Å². The van der Waals surface area contributed by atoms with Gasteiger partial charge in [0.2, 0.25) is 5.82 Å². The Hall–Kier alpha value is -1.39. The van der Waals surface area contributed by atoms with Crippen molar-refractivity contribution in [2.24, 2.45) is 0 Å². The van der Waals surface area contributed by atoms with Crippen LogP contribution in [0.4, 0.5) is 0 Å². The van der Waals surface area contributed by atoms with Gasteiger partial charge in [-0.15, -0.1) is 0 Å².